The monoisotopic (exact) mass is 388 g/mol. The molecule has 0 spiro atoms. The zero-order valence-corrected chi connectivity index (χ0v) is 16.1. The number of nitrogens with zero attached hydrogens (tertiary/aromatic N) is 2. The van der Waals surface area contributed by atoms with E-state index in [4.69, 9.17) is 20.5 Å². The third-order valence-corrected chi connectivity index (χ3v) is 4.20. The van der Waals surface area contributed by atoms with Crippen LogP contribution < -0.4 is 15.8 Å². The van der Waals surface area contributed by atoms with Crippen LogP contribution in [0.25, 0.3) is 0 Å². The summed E-state index contributed by atoms with van der Waals surface area (Å²) in [6, 6.07) is 17.5. The molecule has 0 saturated heterocycles. The van der Waals surface area contributed by atoms with Gasteiger partial charge in [-0.05, 0) is 67.1 Å². The number of nitrogens with one attached hydrogen (secondary N) is 1. The molecular weight excluding hydrogens is 368 g/mol. The van der Waals surface area contributed by atoms with Gasteiger partial charge in [-0.1, -0.05) is 0 Å². The molecule has 3 N–H and O–H groups in total. The standard InChI is InChI=1S/C22H20N4O3/c1-14-11-19(21(24)26-20(14)13-28-2)22(27)25-16-5-9-18(10-6-16)29-17-7-3-15(12-23)4-8-17/h3-11H,13H2,1-2H3,(H2,24,26)(H,25,27). The number of carbonyl (C=O) groups excluding carboxylic acids is 1. The molecule has 7 nitrogen and oxygen atoms in total. The van der Waals surface area contributed by atoms with Crippen LogP contribution in [-0.2, 0) is 11.3 Å². The molecule has 7 heteroatoms. The fourth-order valence-corrected chi connectivity index (χ4v) is 2.67. The van der Waals surface area contributed by atoms with Gasteiger partial charge in [0.25, 0.3) is 5.91 Å². The van der Waals surface area contributed by atoms with E-state index in [-0.39, 0.29) is 11.7 Å². The fraction of sp³-hybridized carbons (Fsp3) is 0.136. The molecule has 0 aliphatic heterocycles. The molecule has 0 radical (unpaired) electrons. The number of aromatic nitrogens is 1. The Morgan fingerprint density at radius 2 is 1.76 bits per heavy atom. The van der Waals surface area contributed by atoms with Gasteiger partial charge in [-0.15, -0.1) is 0 Å². The van der Waals surface area contributed by atoms with Crippen LogP contribution in [0.4, 0.5) is 11.5 Å². The second-order valence-electron chi connectivity index (χ2n) is 6.33. The predicted octanol–water partition coefficient (Wildman–Crippen LogP) is 4.03. The maximum Gasteiger partial charge on any atom is 0.259 e. The van der Waals surface area contributed by atoms with Crippen molar-refractivity contribution in [1.82, 2.24) is 4.98 Å². The molecule has 0 aliphatic rings. The van der Waals surface area contributed by atoms with Crippen LogP contribution in [0.1, 0.15) is 27.2 Å². The number of ether oxygens (including phenoxy) is 2. The van der Waals surface area contributed by atoms with Gasteiger partial charge in [0.1, 0.15) is 17.3 Å². The van der Waals surface area contributed by atoms with Crippen molar-refractivity contribution in [1.29, 1.82) is 5.26 Å². The van der Waals surface area contributed by atoms with Crippen molar-refractivity contribution in [2.24, 2.45) is 0 Å². The van der Waals surface area contributed by atoms with Crippen LogP contribution in [0.5, 0.6) is 11.5 Å². The van der Waals surface area contributed by atoms with Crippen molar-refractivity contribution in [2.75, 3.05) is 18.2 Å². The number of nitriles is 1. The van der Waals surface area contributed by atoms with E-state index in [1.165, 1.54) is 0 Å². The van der Waals surface area contributed by atoms with Gasteiger partial charge in [0.2, 0.25) is 0 Å². The molecule has 2 aromatic carbocycles. The first kappa shape index (κ1) is 19.9. The van der Waals surface area contributed by atoms with Crippen LogP contribution in [0.2, 0.25) is 0 Å². The number of anilines is 2. The van der Waals surface area contributed by atoms with Crippen molar-refractivity contribution in [2.45, 2.75) is 13.5 Å². The highest BCUT2D eigenvalue weighted by Crippen LogP contribution is 2.24. The smallest absolute Gasteiger partial charge is 0.259 e. The van der Waals surface area contributed by atoms with E-state index in [2.05, 4.69) is 16.4 Å². The summed E-state index contributed by atoms with van der Waals surface area (Å²) in [6.45, 7) is 2.19. The Labute approximate surface area is 168 Å². The number of carbonyl (C=O) groups is 1. The normalized spacial score (nSPS) is 10.2. The Bertz CT molecular complexity index is 1060. The average Bonchev–Trinajstić information content (AvgIpc) is 2.72. The molecule has 0 fully saturated rings. The molecule has 0 atom stereocenters. The lowest BCUT2D eigenvalue weighted by molar-refractivity contribution is 0.102. The van der Waals surface area contributed by atoms with E-state index < -0.39 is 0 Å². The van der Waals surface area contributed by atoms with E-state index in [0.29, 0.717) is 40.6 Å². The number of amides is 1. The highest BCUT2D eigenvalue weighted by Gasteiger charge is 2.14. The minimum atomic E-state index is -0.345. The second-order valence-corrected chi connectivity index (χ2v) is 6.33. The number of nitrogen functional groups attached to an aromatic ring is 1. The quantitative estimate of drug-likeness (QED) is 0.659. The predicted molar refractivity (Wildman–Crippen MR) is 110 cm³/mol. The first-order chi connectivity index (χ1) is 14.0. The summed E-state index contributed by atoms with van der Waals surface area (Å²) in [4.78, 5) is 16.8. The first-order valence-corrected chi connectivity index (χ1v) is 8.84. The number of rotatable bonds is 6. The van der Waals surface area contributed by atoms with Crippen molar-refractivity contribution in [3.05, 3.63) is 77.0 Å². The maximum atomic E-state index is 12.6. The largest absolute Gasteiger partial charge is 0.457 e. The molecule has 3 rings (SSSR count). The summed E-state index contributed by atoms with van der Waals surface area (Å²) in [7, 11) is 1.58. The van der Waals surface area contributed by atoms with E-state index >= 15 is 0 Å². The zero-order valence-electron chi connectivity index (χ0n) is 16.1. The van der Waals surface area contributed by atoms with Crippen molar-refractivity contribution in [3.8, 4) is 17.6 Å². The number of hydrogen-bond acceptors (Lipinski definition) is 6. The summed E-state index contributed by atoms with van der Waals surface area (Å²) >= 11 is 0. The van der Waals surface area contributed by atoms with Crippen LogP contribution in [-0.4, -0.2) is 18.0 Å². The molecule has 1 heterocycles. The lowest BCUT2D eigenvalue weighted by Crippen LogP contribution is -2.16. The van der Waals surface area contributed by atoms with Crippen molar-refractivity contribution >= 4 is 17.4 Å². The number of hydrogen-bond donors (Lipinski definition) is 2. The Morgan fingerprint density at radius 3 is 2.34 bits per heavy atom. The van der Waals surface area contributed by atoms with Crippen LogP contribution in [0, 0.1) is 18.3 Å². The van der Waals surface area contributed by atoms with E-state index in [1.54, 1.807) is 61.7 Å². The zero-order chi connectivity index (χ0) is 20.8. The lowest BCUT2D eigenvalue weighted by Gasteiger charge is -2.11. The van der Waals surface area contributed by atoms with E-state index in [9.17, 15) is 4.79 Å². The van der Waals surface area contributed by atoms with Gasteiger partial charge in [0.05, 0.1) is 29.5 Å². The number of nitrogens with two attached hydrogens (primary N) is 1. The topological polar surface area (TPSA) is 110 Å². The van der Waals surface area contributed by atoms with Gasteiger partial charge in [-0.3, -0.25) is 4.79 Å². The molecule has 0 unspecified atom stereocenters. The molecule has 146 valence electrons. The molecule has 29 heavy (non-hydrogen) atoms. The third-order valence-electron chi connectivity index (χ3n) is 4.20. The van der Waals surface area contributed by atoms with Crippen molar-refractivity contribution in [3.63, 3.8) is 0 Å². The molecule has 0 bridgehead atoms. The van der Waals surface area contributed by atoms with Crippen LogP contribution in [0.15, 0.2) is 54.6 Å². The maximum absolute atomic E-state index is 12.6. The summed E-state index contributed by atoms with van der Waals surface area (Å²) in [6.07, 6.45) is 0. The van der Waals surface area contributed by atoms with E-state index in [1.807, 2.05) is 6.92 Å². The fourth-order valence-electron chi connectivity index (χ4n) is 2.67. The first-order valence-electron chi connectivity index (χ1n) is 8.84. The summed E-state index contributed by atoms with van der Waals surface area (Å²) in [5, 5.41) is 11.6. The molecule has 3 aromatic rings. The van der Waals surface area contributed by atoms with Gasteiger partial charge in [0.15, 0.2) is 0 Å². The minimum Gasteiger partial charge on any atom is -0.457 e. The van der Waals surface area contributed by atoms with Gasteiger partial charge in [-0.25, -0.2) is 4.98 Å². The molecule has 0 saturated carbocycles. The Hall–Kier alpha value is -3.89. The average molecular weight is 388 g/mol. The SMILES string of the molecule is COCc1nc(N)c(C(=O)Nc2ccc(Oc3ccc(C#N)cc3)cc2)cc1C. The highest BCUT2D eigenvalue weighted by atomic mass is 16.5. The Balaban J connectivity index is 1.68. The minimum absolute atomic E-state index is 0.154. The molecule has 1 aromatic heterocycles. The van der Waals surface area contributed by atoms with Gasteiger partial charge in [0, 0.05) is 12.8 Å². The third kappa shape index (κ3) is 4.89. The summed E-state index contributed by atoms with van der Waals surface area (Å²) < 4.78 is 10.8. The highest BCUT2D eigenvalue weighted by molar-refractivity contribution is 6.07. The van der Waals surface area contributed by atoms with Gasteiger partial charge in [-0.2, -0.15) is 5.26 Å². The van der Waals surface area contributed by atoms with E-state index in [0.717, 1.165) is 5.56 Å². The van der Waals surface area contributed by atoms with Gasteiger partial charge < -0.3 is 20.5 Å². The summed E-state index contributed by atoms with van der Waals surface area (Å²) in [5.74, 6) is 1.03. The number of methoxy groups -OCH3 is 1. The lowest BCUT2D eigenvalue weighted by atomic mass is 10.1. The van der Waals surface area contributed by atoms with Crippen molar-refractivity contribution < 1.29 is 14.3 Å². The summed E-state index contributed by atoms with van der Waals surface area (Å²) in [5.41, 5.74) is 8.94. The van der Waals surface area contributed by atoms with Gasteiger partial charge >= 0.3 is 0 Å². The molecular formula is C22H20N4O3. The number of aryl methyl sites for hydroxylation is 1. The molecule has 0 aliphatic carbocycles. The number of benzene rings is 2. The molecule has 1 amide bonds. The van der Waals surface area contributed by atoms with Crippen LogP contribution >= 0.6 is 0 Å². The Morgan fingerprint density at radius 1 is 1.14 bits per heavy atom. The van der Waals surface area contributed by atoms with Crippen LogP contribution in [0.3, 0.4) is 0 Å². The Kier molecular flexibility index (Phi) is 6.07. The second kappa shape index (κ2) is 8.87. The number of pyridine rings is 1.